The Balaban J connectivity index is 1.57. The number of nitrogens with zero attached hydrogens (tertiary/aromatic N) is 3. The lowest BCUT2D eigenvalue weighted by Crippen LogP contribution is -2.33. The lowest BCUT2D eigenvalue weighted by Gasteiger charge is -2.30. The quantitative estimate of drug-likeness (QED) is 0.939. The van der Waals surface area contributed by atoms with Gasteiger partial charge in [-0.1, -0.05) is 36.8 Å². The molecule has 0 radical (unpaired) electrons. The first-order valence-corrected chi connectivity index (χ1v) is 8.52. The van der Waals surface area contributed by atoms with E-state index in [1.165, 1.54) is 18.4 Å². The summed E-state index contributed by atoms with van der Waals surface area (Å²) in [5.41, 5.74) is 2.62. The largest absolute Gasteiger partial charge is 0.355 e. The van der Waals surface area contributed by atoms with Gasteiger partial charge in [0.15, 0.2) is 0 Å². The van der Waals surface area contributed by atoms with E-state index < -0.39 is 0 Å². The molecule has 126 valence electrons. The molecule has 0 saturated carbocycles. The molecular weight excluding hydrogens is 300 g/mol. The summed E-state index contributed by atoms with van der Waals surface area (Å²) in [6.45, 7) is 6.83. The van der Waals surface area contributed by atoms with Crippen molar-refractivity contribution in [3.8, 4) is 0 Å². The predicted molar refractivity (Wildman–Crippen MR) is 95.0 cm³/mol. The van der Waals surface area contributed by atoms with Gasteiger partial charge in [0.25, 0.3) is 5.91 Å². The van der Waals surface area contributed by atoms with Crippen LogP contribution in [0.2, 0.25) is 0 Å². The number of anilines is 1. The van der Waals surface area contributed by atoms with E-state index in [0.717, 1.165) is 30.4 Å². The number of rotatable bonds is 4. The second-order valence-corrected chi connectivity index (χ2v) is 6.60. The molecule has 1 saturated heterocycles. The normalized spacial score (nSPS) is 15.3. The van der Waals surface area contributed by atoms with Crippen molar-refractivity contribution in [1.82, 2.24) is 15.3 Å². The number of aryl methyl sites for hydroxylation is 1. The van der Waals surface area contributed by atoms with E-state index in [1.807, 2.05) is 25.1 Å². The molecule has 1 aliphatic rings. The highest BCUT2D eigenvalue weighted by Crippen LogP contribution is 2.20. The van der Waals surface area contributed by atoms with Gasteiger partial charge in [0.05, 0.1) is 12.4 Å². The molecule has 1 aromatic carbocycles. The van der Waals surface area contributed by atoms with E-state index in [2.05, 4.69) is 33.2 Å². The average molecular weight is 324 g/mol. The van der Waals surface area contributed by atoms with Gasteiger partial charge in [-0.05, 0) is 31.2 Å². The molecule has 2 heterocycles. The second kappa shape index (κ2) is 7.43. The van der Waals surface area contributed by atoms with Crippen LogP contribution in [-0.4, -0.2) is 29.0 Å². The van der Waals surface area contributed by atoms with Gasteiger partial charge in [0, 0.05) is 19.6 Å². The number of aromatic nitrogens is 2. The molecule has 1 amide bonds. The van der Waals surface area contributed by atoms with Crippen molar-refractivity contribution in [3.63, 3.8) is 0 Å². The standard InChI is InChI=1S/C19H24N4O/c1-14-6-8-23(9-7-14)18-13-20-17(12-21-18)19(24)22-11-16-5-3-4-15(2)10-16/h3-5,10,12-14H,6-9,11H2,1-2H3,(H,22,24). The molecular formula is C19H24N4O. The highest BCUT2D eigenvalue weighted by molar-refractivity contribution is 5.91. The fourth-order valence-corrected chi connectivity index (χ4v) is 2.93. The second-order valence-electron chi connectivity index (χ2n) is 6.60. The third-order valence-electron chi connectivity index (χ3n) is 4.51. The summed E-state index contributed by atoms with van der Waals surface area (Å²) in [7, 11) is 0. The van der Waals surface area contributed by atoms with Crippen LogP contribution in [0.3, 0.4) is 0 Å². The van der Waals surface area contributed by atoms with Crippen LogP contribution in [0.4, 0.5) is 5.82 Å². The molecule has 0 aliphatic carbocycles. The number of amides is 1. The first-order chi connectivity index (χ1) is 11.6. The molecule has 1 fully saturated rings. The van der Waals surface area contributed by atoms with Crippen LogP contribution < -0.4 is 10.2 Å². The Morgan fingerprint density at radius 2 is 2.04 bits per heavy atom. The highest BCUT2D eigenvalue weighted by Gasteiger charge is 2.17. The van der Waals surface area contributed by atoms with Gasteiger partial charge in [0.1, 0.15) is 11.5 Å². The molecule has 3 rings (SSSR count). The fraction of sp³-hybridized carbons (Fsp3) is 0.421. The van der Waals surface area contributed by atoms with Crippen LogP contribution in [0, 0.1) is 12.8 Å². The van der Waals surface area contributed by atoms with Gasteiger partial charge in [-0.3, -0.25) is 4.79 Å². The zero-order chi connectivity index (χ0) is 16.9. The number of carbonyl (C=O) groups excluding carboxylic acids is 1. The van der Waals surface area contributed by atoms with E-state index >= 15 is 0 Å². The Morgan fingerprint density at radius 1 is 1.25 bits per heavy atom. The molecule has 5 heteroatoms. The fourth-order valence-electron chi connectivity index (χ4n) is 2.93. The summed E-state index contributed by atoms with van der Waals surface area (Å²) in [6, 6.07) is 8.09. The number of carbonyl (C=O) groups is 1. The maximum atomic E-state index is 12.2. The first kappa shape index (κ1) is 16.4. The van der Waals surface area contributed by atoms with Crippen LogP contribution in [0.1, 0.15) is 41.4 Å². The monoisotopic (exact) mass is 324 g/mol. The van der Waals surface area contributed by atoms with Crippen molar-refractivity contribution in [1.29, 1.82) is 0 Å². The van der Waals surface area contributed by atoms with Gasteiger partial charge >= 0.3 is 0 Å². The van der Waals surface area contributed by atoms with Crippen molar-refractivity contribution in [2.24, 2.45) is 5.92 Å². The zero-order valence-corrected chi connectivity index (χ0v) is 14.3. The lowest BCUT2D eigenvalue weighted by molar-refractivity contribution is 0.0945. The van der Waals surface area contributed by atoms with Crippen molar-refractivity contribution < 1.29 is 4.79 Å². The molecule has 0 atom stereocenters. The smallest absolute Gasteiger partial charge is 0.271 e. The lowest BCUT2D eigenvalue weighted by atomic mass is 9.99. The van der Waals surface area contributed by atoms with Crippen LogP contribution in [0.15, 0.2) is 36.7 Å². The van der Waals surface area contributed by atoms with E-state index in [-0.39, 0.29) is 5.91 Å². The molecule has 5 nitrogen and oxygen atoms in total. The van der Waals surface area contributed by atoms with E-state index in [0.29, 0.717) is 12.2 Å². The third-order valence-corrected chi connectivity index (χ3v) is 4.51. The van der Waals surface area contributed by atoms with Crippen molar-refractivity contribution in [2.75, 3.05) is 18.0 Å². The molecule has 0 bridgehead atoms. The minimum Gasteiger partial charge on any atom is -0.355 e. The van der Waals surface area contributed by atoms with Gasteiger partial charge in [0.2, 0.25) is 0 Å². The van der Waals surface area contributed by atoms with Gasteiger partial charge in [-0.15, -0.1) is 0 Å². The predicted octanol–water partition coefficient (Wildman–Crippen LogP) is 2.95. The van der Waals surface area contributed by atoms with Crippen molar-refractivity contribution in [3.05, 3.63) is 53.5 Å². The molecule has 1 aromatic heterocycles. The van der Waals surface area contributed by atoms with Gasteiger partial charge in [-0.2, -0.15) is 0 Å². The molecule has 0 spiro atoms. The van der Waals surface area contributed by atoms with Crippen LogP contribution in [-0.2, 0) is 6.54 Å². The van der Waals surface area contributed by atoms with E-state index in [4.69, 9.17) is 0 Å². The van der Waals surface area contributed by atoms with Crippen LogP contribution in [0.5, 0.6) is 0 Å². The number of hydrogen-bond acceptors (Lipinski definition) is 4. The van der Waals surface area contributed by atoms with Crippen LogP contribution in [0.25, 0.3) is 0 Å². The van der Waals surface area contributed by atoms with Gasteiger partial charge < -0.3 is 10.2 Å². The summed E-state index contributed by atoms with van der Waals surface area (Å²) in [5, 5.41) is 2.89. The first-order valence-electron chi connectivity index (χ1n) is 8.52. The number of benzene rings is 1. The Bertz CT molecular complexity index is 691. The summed E-state index contributed by atoms with van der Waals surface area (Å²) in [4.78, 5) is 23.2. The number of piperidine rings is 1. The Labute approximate surface area is 143 Å². The number of nitrogens with one attached hydrogen (secondary N) is 1. The Hall–Kier alpha value is -2.43. The maximum Gasteiger partial charge on any atom is 0.271 e. The minimum atomic E-state index is -0.192. The highest BCUT2D eigenvalue weighted by atomic mass is 16.1. The molecule has 1 N–H and O–H groups in total. The Morgan fingerprint density at radius 3 is 2.71 bits per heavy atom. The average Bonchev–Trinajstić information content (AvgIpc) is 2.61. The topological polar surface area (TPSA) is 58.1 Å². The minimum absolute atomic E-state index is 0.192. The van der Waals surface area contributed by atoms with E-state index in [9.17, 15) is 4.79 Å². The molecule has 0 unspecified atom stereocenters. The van der Waals surface area contributed by atoms with E-state index in [1.54, 1.807) is 12.4 Å². The number of hydrogen-bond donors (Lipinski definition) is 1. The molecule has 1 aliphatic heterocycles. The van der Waals surface area contributed by atoms with Crippen LogP contribution >= 0.6 is 0 Å². The summed E-state index contributed by atoms with van der Waals surface area (Å²) in [5.74, 6) is 1.45. The zero-order valence-electron chi connectivity index (χ0n) is 14.3. The molecule has 2 aromatic rings. The van der Waals surface area contributed by atoms with Crippen molar-refractivity contribution in [2.45, 2.75) is 33.2 Å². The summed E-state index contributed by atoms with van der Waals surface area (Å²) in [6.07, 6.45) is 5.64. The van der Waals surface area contributed by atoms with Gasteiger partial charge in [-0.25, -0.2) is 9.97 Å². The molecule has 24 heavy (non-hydrogen) atoms. The maximum absolute atomic E-state index is 12.2. The van der Waals surface area contributed by atoms with Crippen molar-refractivity contribution >= 4 is 11.7 Å². The third kappa shape index (κ3) is 4.10. The Kier molecular flexibility index (Phi) is 5.08. The summed E-state index contributed by atoms with van der Waals surface area (Å²) >= 11 is 0. The summed E-state index contributed by atoms with van der Waals surface area (Å²) < 4.78 is 0. The SMILES string of the molecule is Cc1cccc(CNC(=O)c2cnc(N3CCC(C)CC3)cn2)c1.